The van der Waals surface area contributed by atoms with E-state index in [2.05, 4.69) is 21.2 Å². The van der Waals surface area contributed by atoms with Crippen LogP contribution in [0.2, 0.25) is 0 Å². The molecule has 0 fully saturated rings. The van der Waals surface area contributed by atoms with Gasteiger partial charge >= 0.3 is 5.97 Å². The Morgan fingerprint density at radius 1 is 1.48 bits per heavy atom. The van der Waals surface area contributed by atoms with Gasteiger partial charge in [-0.3, -0.25) is 4.79 Å². The Balaban J connectivity index is 2.09. The molecule has 4 nitrogen and oxygen atoms in total. The molecule has 0 aliphatic heterocycles. The minimum absolute atomic E-state index is 0.0576. The number of nitrogens with one attached hydrogen (secondary N) is 1. The predicted octanol–water partition coefficient (Wildman–Crippen LogP) is 3.82. The fourth-order valence-electron chi connectivity index (χ4n) is 1.98. The maximum atomic E-state index is 11.0. The molecule has 0 saturated heterocycles. The van der Waals surface area contributed by atoms with Crippen LogP contribution in [0.4, 0.5) is 0 Å². The number of halogens is 1. The van der Waals surface area contributed by atoms with Gasteiger partial charge in [0.15, 0.2) is 0 Å². The summed E-state index contributed by atoms with van der Waals surface area (Å²) in [7, 11) is 1.62. The second-order valence-electron chi connectivity index (χ2n) is 4.50. The van der Waals surface area contributed by atoms with Gasteiger partial charge in [-0.05, 0) is 35.2 Å². The third kappa shape index (κ3) is 4.56. The lowest BCUT2D eigenvalue weighted by molar-refractivity contribution is -0.137. The fraction of sp³-hybridized carbons (Fsp3) is 0.267. The largest absolute Gasteiger partial charge is 0.497 e. The molecule has 2 aromatic rings. The van der Waals surface area contributed by atoms with E-state index in [4.69, 9.17) is 9.84 Å². The monoisotopic (exact) mass is 369 g/mol. The predicted molar refractivity (Wildman–Crippen MR) is 86.8 cm³/mol. The Labute approximate surface area is 135 Å². The van der Waals surface area contributed by atoms with Gasteiger partial charge in [0, 0.05) is 15.9 Å². The van der Waals surface area contributed by atoms with Gasteiger partial charge in [0.1, 0.15) is 5.75 Å². The average molecular weight is 370 g/mol. The number of aliphatic carboxylic acids is 1. The second-order valence-corrected chi connectivity index (χ2v) is 6.34. The Hall–Kier alpha value is -1.37. The molecule has 2 N–H and O–H groups in total. The number of benzene rings is 1. The van der Waals surface area contributed by atoms with E-state index in [1.807, 2.05) is 35.7 Å². The summed E-state index contributed by atoms with van der Waals surface area (Å²) >= 11 is 5.06. The standard InChI is InChI=1S/C15H16BrNO3S/c1-20-11-4-5-12(16)10(7-11)9-17-13(8-15(18)19)14-3-2-6-21-14/h2-7,13,17H,8-9H2,1H3,(H,18,19). The molecular weight excluding hydrogens is 354 g/mol. The molecule has 0 spiro atoms. The lowest BCUT2D eigenvalue weighted by atomic mass is 10.1. The van der Waals surface area contributed by atoms with Crippen LogP contribution in [0.5, 0.6) is 5.75 Å². The average Bonchev–Trinajstić information content (AvgIpc) is 2.98. The molecule has 0 aliphatic rings. The number of carbonyl (C=O) groups is 1. The fourth-order valence-corrected chi connectivity index (χ4v) is 3.17. The molecule has 21 heavy (non-hydrogen) atoms. The van der Waals surface area contributed by atoms with Crippen molar-refractivity contribution in [2.24, 2.45) is 0 Å². The van der Waals surface area contributed by atoms with Gasteiger partial charge < -0.3 is 15.2 Å². The number of ether oxygens (including phenoxy) is 1. The van der Waals surface area contributed by atoms with Crippen molar-refractivity contribution >= 4 is 33.2 Å². The second kappa shape index (κ2) is 7.59. The summed E-state index contributed by atoms with van der Waals surface area (Å²) in [5.74, 6) is -0.0356. The van der Waals surface area contributed by atoms with Crippen LogP contribution in [0.3, 0.4) is 0 Å². The number of rotatable bonds is 7. The third-order valence-corrected chi connectivity index (χ3v) is 4.82. The molecule has 0 amide bonds. The Bertz CT molecular complexity index is 601. The van der Waals surface area contributed by atoms with Crippen LogP contribution in [0.1, 0.15) is 22.9 Å². The van der Waals surface area contributed by atoms with E-state index in [1.54, 1.807) is 18.4 Å². The first kappa shape index (κ1) is 16.0. The number of hydrogen-bond donors (Lipinski definition) is 2. The van der Waals surface area contributed by atoms with Crippen LogP contribution in [0, 0.1) is 0 Å². The Morgan fingerprint density at radius 3 is 2.90 bits per heavy atom. The van der Waals surface area contributed by atoms with Crippen LogP contribution < -0.4 is 10.1 Å². The number of carboxylic acids is 1. The van der Waals surface area contributed by atoms with Crippen molar-refractivity contribution in [3.63, 3.8) is 0 Å². The van der Waals surface area contributed by atoms with Crippen molar-refractivity contribution in [2.45, 2.75) is 19.0 Å². The Morgan fingerprint density at radius 2 is 2.29 bits per heavy atom. The van der Waals surface area contributed by atoms with E-state index < -0.39 is 5.97 Å². The molecule has 1 unspecified atom stereocenters. The molecule has 6 heteroatoms. The topological polar surface area (TPSA) is 58.6 Å². The van der Waals surface area contributed by atoms with Crippen molar-refractivity contribution in [1.82, 2.24) is 5.32 Å². The summed E-state index contributed by atoms with van der Waals surface area (Å²) in [5, 5.41) is 14.3. The first-order valence-corrected chi connectivity index (χ1v) is 8.08. The molecule has 0 saturated carbocycles. The summed E-state index contributed by atoms with van der Waals surface area (Å²) in [4.78, 5) is 12.0. The van der Waals surface area contributed by atoms with E-state index in [-0.39, 0.29) is 12.5 Å². The zero-order chi connectivity index (χ0) is 15.2. The van der Waals surface area contributed by atoms with Gasteiger partial charge in [-0.15, -0.1) is 11.3 Å². The number of hydrogen-bond acceptors (Lipinski definition) is 4. The van der Waals surface area contributed by atoms with Crippen LogP contribution in [0.25, 0.3) is 0 Å². The first-order valence-electron chi connectivity index (χ1n) is 6.41. The molecule has 1 aromatic heterocycles. The smallest absolute Gasteiger partial charge is 0.305 e. The minimum Gasteiger partial charge on any atom is -0.497 e. The van der Waals surface area contributed by atoms with E-state index in [1.165, 1.54) is 0 Å². The summed E-state index contributed by atoms with van der Waals surface area (Å²) in [6.07, 6.45) is 0.0576. The molecule has 112 valence electrons. The quantitative estimate of drug-likeness (QED) is 0.778. The van der Waals surface area contributed by atoms with E-state index >= 15 is 0 Å². The molecule has 0 bridgehead atoms. The van der Waals surface area contributed by atoms with Gasteiger partial charge in [0.2, 0.25) is 0 Å². The highest BCUT2D eigenvalue weighted by Crippen LogP contribution is 2.26. The van der Waals surface area contributed by atoms with Gasteiger partial charge in [-0.25, -0.2) is 0 Å². The SMILES string of the molecule is COc1ccc(Br)c(CNC(CC(=O)O)c2cccs2)c1. The first-order chi connectivity index (χ1) is 10.1. The maximum absolute atomic E-state index is 11.0. The highest BCUT2D eigenvalue weighted by atomic mass is 79.9. The normalized spacial score (nSPS) is 12.1. The zero-order valence-electron chi connectivity index (χ0n) is 11.5. The van der Waals surface area contributed by atoms with Crippen molar-refractivity contribution in [3.8, 4) is 5.75 Å². The van der Waals surface area contributed by atoms with Crippen molar-refractivity contribution in [2.75, 3.05) is 7.11 Å². The number of thiophene rings is 1. The molecule has 1 atom stereocenters. The summed E-state index contributed by atoms with van der Waals surface area (Å²) in [5.41, 5.74) is 1.03. The molecule has 0 radical (unpaired) electrons. The summed E-state index contributed by atoms with van der Waals surface area (Å²) < 4.78 is 6.18. The lowest BCUT2D eigenvalue weighted by Gasteiger charge is -2.16. The molecule has 1 heterocycles. The highest BCUT2D eigenvalue weighted by molar-refractivity contribution is 9.10. The summed E-state index contributed by atoms with van der Waals surface area (Å²) in [6.45, 7) is 0.563. The van der Waals surface area contributed by atoms with Gasteiger partial charge in [-0.1, -0.05) is 22.0 Å². The molecular formula is C15H16BrNO3S. The minimum atomic E-state index is -0.814. The van der Waals surface area contributed by atoms with Crippen LogP contribution in [-0.2, 0) is 11.3 Å². The third-order valence-electron chi connectivity index (χ3n) is 3.06. The Kier molecular flexibility index (Phi) is 5.78. The number of methoxy groups -OCH3 is 1. The van der Waals surface area contributed by atoms with Crippen molar-refractivity contribution in [3.05, 3.63) is 50.6 Å². The van der Waals surface area contributed by atoms with E-state index in [0.717, 1.165) is 20.7 Å². The van der Waals surface area contributed by atoms with Crippen molar-refractivity contribution < 1.29 is 14.6 Å². The van der Waals surface area contributed by atoms with E-state index in [0.29, 0.717) is 6.54 Å². The zero-order valence-corrected chi connectivity index (χ0v) is 13.9. The van der Waals surface area contributed by atoms with E-state index in [9.17, 15) is 4.79 Å². The molecule has 0 aliphatic carbocycles. The molecule has 1 aromatic carbocycles. The molecule has 2 rings (SSSR count). The van der Waals surface area contributed by atoms with Crippen molar-refractivity contribution in [1.29, 1.82) is 0 Å². The summed E-state index contributed by atoms with van der Waals surface area (Å²) in [6, 6.07) is 9.42. The van der Waals surface area contributed by atoms with Gasteiger partial charge in [0.25, 0.3) is 0 Å². The number of carboxylic acid groups (broad SMARTS) is 1. The van der Waals surface area contributed by atoms with Crippen LogP contribution >= 0.6 is 27.3 Å². The van der Waals surface area contributed by atoms with Crippen LogP contribution in [0.15, 0.2) is 40.2 Å². The maximum Gasteiger partial charge on any atom is 0.305 e. The van der Waals surface area contributed by atoms with Crippen LogP contribution in [-0.4, -0.2) is 18.2 Å². The highest BCUT2D eigenvalue weighted by Gasteiger charge is 2.16. The lowest BCUT2D eigenvalue weighted by Crippen LogP contribution is -2.23. The van der Waals surface area contributed by atoms with Gasteiger partial charge in [-0.2, -0.15) is 0 Å². The van der Waals surface area contributed by atoms with Gasteiger partial charge in [0.05, 0.1) is 19.6 Å².